The third-order valence-corrected chi connectivity index (χ3v) is 4.32. The Bertz CT molecular complexity index is 547. The molecule has 1 heterocycles. The summed E-state index contributed by atoms with van der Waals surface area (Å²) in [6.07, 6.45) is 0. The number of carbonyl (C=O) groups is 1. The van der Waals surface area contributed by atoms with Crippen LogP contribution in [0.5, 0.6) is 0 Å². The summed E-state index contributed by atoms with van der Waals surface area (Å²) in [5.41, 5.74) is 0.528. The number of aromatic carboxylic acids is 1. The third-order valence-electron chi connectivity index (χ3n) is 2.48. The Labute approximate surface area is 106 Å². The molecule has 0 spiro atoms. The number of hydrogen-bond donors (Lipinski definition) is 1. The maximum absolute atomic E-state index is 11.8. The molecule has 0 bridgehead atoms. The summed E-state index contributed by atoms with van der Waals surface area (Å²) < 4.78 is 30.8. The average Bonchev–Trinajstić information content (AvgIpc) is 2.60. The molecule has 102 valence electrons. The summed E-state index contributed by atoms with van der Waals surface area (Å²) in [6.45, 7) is 1.65. The van der Waals surface area contributed by atoms with Crippen molar-refractivity contribution < 1.29 is 22.7 Å². The van der Waals surface area contributed by atoms with Gasteiger partial charge in [-0.3, -0.25) is 0 Å². The van der Waals surface area contributed by atoms with Gasteiger partial charge in [-0.2, -0.15) is 17.0 Å². The Kier molecular flexibility index (Phi) is 4.15. The number of carboxylic acids is 1. The molecule has 1 aromatic rings. The molecule has 0 radical (unpaired) electrons. The Balaban J connectivity index is 2.95. The van der Waals surface area contributed by atoms with Crippen LogP contribution in [0.2, 0.25) is 0 Å². The van der Waals surface area contributed by atoms with Crippen LogP contribution in [0.1, 0.15) is 21.9 Å². The molecule has 0 aromatic carbocycles. The molecule has 0 fully saturated rings. The number of aryl methyl sites for hydroxylation is 1. The van der Waals surface area contributed by atoms with E-state index in [1.165, 1.54) is 27.2 Å². The highest BCUT2D eigenvalue weighted by Crippen LogP contribution is 2.18. The molecule has 0 saturated carbocycles. The van der Waals surface area contributed by atoms with Crippen LogP contribution in [0.25, 0.3) is 0 Å². The standard InChI is InChI=1S/C10H16N2O5S/c1-7-8(5-9(17-7)10(13)14)6-12(4)18(15,16)11(2)3/h5H,6H2,1-4H3,(H,13,14). The molecule has 18 heavy (non-hydrogen) atoms. The highest BCUT2D eigenvalue weighted by molar-refractivity contribution is 7.86. The Morgan fingerprint density at radius 2 is 1.94 bits per heavy atom. The lowest BCUT2D eigenvalue weighted by Crippen LogP contribution is -2.36. The van der Waals surface area contributed by atoms with E-state index in [-0.39, 0.29) is 12.3 Å². The topological polar surface area (TPSA) is 91.1 Å². The van der Waals surface area contributed by atoms with Gasteiger partial charge in [0, 0.05) is 33.3 Å². The molecule has 0 atom stereocenters. The molecular formula is C10H16N2O5S. The van der Waals surface area contributed by atoms with Crippen molar-refractivity contribution in [3.8, 4) is 0 Å². The second kappa shape index (κ2) is 5.09. The van der Waals surface area contributed by atoms with Crippen molar-refractivity contribution in [1.29, 1.82) is 0 Å². The zero-order valence-electron chi connectivity index (χ0n) is 10.7. The average molecular weight is 276 g/mol. The lowest BCUT2D eigenvalue weighted by atomic mass is 10.2. The molecule has 0 aliphatic heterocycles. The second-order valence-corrected chi connectivity index (χ2v) is 6.29. The first kappa shape index (κ1) is 14.7. The number of hydrogen-bond acceptors (Lipinski definition) is 4. The fourth-order valence-electron chi connectivity index (χ4n) is 1.38. The first-order chi connectivity index (χ1) is 8.16. The van der Waals surface area contributed by atoms with Crippen molar-refractivity contribution in [2.24, 2.45) is 0 Å². The molecular weight excluding hydrogens is 260 g/mol. The van der Waals surface area contributed by atoms with Crippen molar-refractivity contribution in [3.05, 3.63) is 23.2 Å². The number of rotatable bonds is 5. The molecule has 0 saturated heterocycles. The van der Waals surface area contributed by atoms with Crippen LogP contribution in [-0.2, 0) is 16.8 Å². The van der Waals surface area contributed by atoms with E-state index in [1.807, 2.05) is 0 Å². The van der Waals surface area contributed by atoms with E-state index in [1.54, 1.807) is 6.92 Å². The summed E-state index contributed by atoms with van der Waals surface area (Å²) in [5.74, 6) is -0.978. The van der Waals surface area contributed by atoms with Crippen LogP contribution in [0.4, 0.5) is 0 Å². The van der Waals surface area contributed by atoms with Crippen LogP contribution < -0.4 is 0 Å². The molecule has 0 unspecified atom stereocenters. The predicted molar refractivity (Wildman–Crippen MR) is 64.5 cm³/mol. The van der Waals surface area contributed by atoms with Crippen LogP contribution in [-0.4, -0.2) is 49.2 Å². The molecule has 7 nitrogen and oxygen atoms in total. The van der Waals surface area contributed by atoms with Crippen molar-refractivity contribution in [3.63, 3.8) is 0 Å². The van der Waals surface area contributed by atoms with E-state index in [4.69, 9.17) is 9.52 Å². The molecule has 0 aliphatic carbocycles. The zero-order chi connectivity index (χ0) is 14.1. The van der Waals surface area contributed by atoms with Gasteiger partial charge in [0.2, 0.25) is 5.76 Å². The fourth-order valence-corrected chi connectivity index (χ4v) is 2.24. The van der Waals surface area contributed by atoms with Crippen molar-refractivity contribution in [1.82, 2.24) is 8.61 Å². The maximum Gasteiger partial charge on any atom is 0.371 e. The van der Waals surface area contributed by atoms with Gasteiger partial charge in [0.25, 0.3) is 10.2 Å². The van der Waals surface area contributed by atoms with E-state index in [0.29, 0.717) is 11.3 Å². The lowest BCUT2D eigenvalue weighted by Gasteiger charge is -2.20. The largest absolute Gasteiger partial charge is 0.475 e. The summed E-state index contributed by atoms with van der Waals surface area (Å²) in [5, 5.41) is 8.77. The normalized spacial score (nSPS) is 12.3. The molecule has 1 N–H and O–H groups in total. The van der Waals surface area contributed by atoms with Gasteiger partial charge in [-0.1, -0.05) is 0 Å². The molecule has 0 amide bonds. The first-order valence-electron chi connectivity index (χ1n) is 5.12. The predicted octanol–water partition coefficient (Wildman–Crippen LogP) is 0.524. The molecule has 8 heteroatoms. The SMILES string of the molecule is Cc1oc(C(=O)O)cc1CN(C)S(=O)(=O)N(C)C. The summed E-state index contributed by atoms with van der Waals surface area (Å²) >= 11 is 0. The monoisotopic (exact) mass is 276 g/mol. The van der Waals surface area contributed by atoms with Gasteiger partial charge in [0.15, 0.2) is 0 Å². The summed E-state index contributed by atoms with van der Waals surface area (Å²) in [6, 6.07) is 1.33. The summed E-state index contributed by atoms with van der Waals surface area (Å²) in [7, 11) is 0.748. The van der Waals surface area contributed by atoms with Crippen LogP contribution in [0.15, 0.2) is 10.5 Å². The maximum atomic E-state index is 11.8. The van der Waals surface area contributed by atoms with Gasteiger partial charge in [-0.05, 0) is 13.0 Å². The van der Waals surface area contributed by atoms with Crippen LogP contribution >= 0.6 is 0 Å². The second-order valence-electron chi connectivity index (χ2n) is 4.04. The van der Waals surface area contributed by atoms with E-state index >= 15 is 0 Å². The number of carboxylic acid groups (broad SMARTS) is 1. The molecule has 0 aliphatic rings. The minimum Gasteiger partial charge on any atom is -0.475 e. The van der Waals surface area contributed by atoms with Crippen LogP contribution in [0, 0.1) is 6.92 Å². The van der Waals surface area contributed by atoms with Gasteiger partial charge < -0.3 is 9.52 Å². The van der Waals surface area contributed by atoms with E-state index in [0.717, 1.165) is 8.61 Å². The zero-order valence-corrected chi connectivity index (χ0v) is 11.5. The molecule has 1 rings (SSSR count). The quantitative estimate of drug-likeness (QED) is 0.846. The van der Waals surface area contributed by atoms with Crippen molar-refractivity contribution >= 4 is 16.2 Å². The Morgan fingerprint density at radius 3 is 2.33 bits per heavy atom. The van der Waals surface area contributed by atoms with E-state index < -0.39 is 16.2 Å². The van der Waals surface area contributed by atoms with Gasteiger partial charge in [-0.25, -0.2) is 4.79 Å². The van der Waals surface area contributed by atoms with Gasteiger partial charge in [0.1, 0.15) is 5.76 Å². The minimum absolute atomic E-state index is 0.0587. The van der Waals surface area contributed by atoms with Crippen LogP contribution in [0.3, 0.4) is 0 Å². The highest BCUT2D eigenvalue weighted by atomic mass is 32.2. The van der Waals surface area contributed by atoms with Gasteiger partial charge in [-0.15, -0.1) is 0 Å². The van der Waals surface area contributed by atoms with Gasteiger partial charge >= 0.3 is 5.97 Å². The number of furan rings is 1. The lowest BCUT2D eigenvalue weighted by molar-refractivity contribution is 0.0661. The third kappa shape index (κ3) is 2.89. The van der Waals surface area contributed by atoms with E-state index in [9.17, 15) is 13.2 Å². The van der Waals surface area contributed by atoms with Crippen molar-refractivity contribution in [2.45, 2.75) is 13.5 Å². The van der Waals surface area contributed by atoms with E-state index in [2.05, 4.69) is 0 Å². The summed E-state index contributed by atoms with van der Waals surface area (Å²) in [4.78, 5) is 10.7. The van der Waals surface area contributed by atoms with Crippen molar-refractivity contribution in [2.75, 3.05) is 21.1 Å². The Morgan fingerprint density at radius 1 is 1.39 bits per heavy atom. The fraction of sp³-hybridized carbons (Fsp3) is 0.500. The Hall–Kier alpha value is -1.38. The van der Waals surface area contributed by atoms with Gasteiger partial charge in [0.05, 0.1) is 0 Å². The highest BCUT2D eigenvalue weighted by Gasteiger charge is 2.23. The number of nitrogens with zero attached hydrogens (tertiary/aromatic N) is 2. The molecule has 1 aromatic heterocycles. The first-order valence-corrected chi connectivity index (χ1v) is 6.52. The smallest absolute Gasteiger partial charge is 0.371 e. The minimum atomic E-state index is -3.53.